The molecule has 8 nitrogen and oxygen atoms in total. The first kappa shape index (κ1) is 29.9. The van der Waals surface area contributed by atoms with Gasteiger partial charge in [0.25, 0.3) is 0 Å². The molecule has 0 bridgehead atoms. The molecule has 2 aromatic heterocycles. The third-order valence-corrected chi connectivity index (χ3v) is 8.06. The van der Waals surface area contributed by atoms with Crippen LogP contribution in [0.3, 0.4) is 0 Å². The quantitative estimate of drug-likeness (QED) is 0.171. The Morgan fingerprint density at radius 3 is 2.28 bits per heavy atom. The van der Waals surface area contributed by atoms with Gasteiger partial charge in [-0.1, -0.05) is 64.6 Å². The number of carbonyl (C=O) groups excluding carboxylic acids is 1. The summed E-state index contributed by atoms with van der Waals surface area (Å²) in [4.78, 5) is 34.3. The molecule has 43 heavy (non-hydrogen) atoms. The summed E-state index contributed by atoms with van der Waals surface area (Å²) in [7, 11) is 0. The van der Waals surface area contributed by atoms with Crippen LogP contribution in [0.25, 0.3) is 28.0 Å². The molecule has 2 aromatic carbocycles. The zero-order valence-corrected chi connectivity index (χ0v) is 25.0. The zero-order valence-electron chi connectivity index (χ0n) is 25.0. The number of fused-ring (bicyclic) bond motifs is 1. The highest BCUT2D eigenvalue weighted by Gasteiger charge is 2.34. The fraction of sp³-hybridized carbons (Fsp3) is 0.333. The van der Waals surface area contributed by atoms with Gasteiger partial charge in [0.15, 0.2) is 17.3 Å². The van der Waals surface area contributed by atoms with E-state index in [1.54, 1.807) is 9.80 Å². The first-order valence-corrected chi connectivity index (χ1v) is 14.4. The maximum absolute atomic E-state index is 16.0. The van der Waals surface area contributed by atoms with Gasteiger partial charge < -0.3 is 15.0 Å². The summed E-state index contributed by atoms with van der Waals surface area (Å²) in [5.74, 6) is -1.86. The van der Waals surface area contributed by atoms with Crippen molar-refractivity contribution in [1.82, 2.24) is 14.5 Å². The molecule has 0 aliphatic carbocycles. The van der Waals surface area contributed by atoms with Gasteiger partial charge in [-0.15, -0.1) is 4.57 Å². The number of nitrogens with zero attached hydrogens (tertiary/aromatic N) is 5. The highest BCUT2D eigenvalue weighted by molar-refractivity contribution is 5.89. The molecule has 1 fully saturated rings. The van der Waals surface area contributed by atoms with E-state index >= 15 is 4.39 Å². The number of carbonyl (C=O) groups is 1. The Hall–Kier alpha value is -4.60. The Labute approximate surface area is 249 Å². The van der Waals surface area contributed by atoms with Crippen molar-refractivity contribution in [3.8, 4) is 16.9 Å². The van der Waals surface area contributed by atoms with Crippen molar-refractivity contribution in [3.05, 3.63) is 99.6 Å². The Balaban J connectivity index is 1.89. The Kier molecular flexibility index (Phi) is 8.05. The molecule has 0 saturated carbocycles. The van der Waals surface area contributed by atoms with E-state index in [2.05, 4.69) is 11.6 Å². The summed E-state index contributed by atoms with van der Waals surface area (Å²) in [6.07, 6.45) is 1.25. The van der Waals surface area contributed by atoms with Gasteiger partial charge in [0, 0.05) is 36.8 Å². The van der Waals surface area contributed by atoms with Crippen LogP contribution in [0.2, 0.25) is 0 Å². The fourth-order valence-electron chi connectivity index (χ4n) is 5.92. The van der Waals surface area contributed by atoms with Crippen LogP contribution in [-0.2, 0) is 4.79 Å². The van der Waals surface area contributed by atoms with Crippen LogP contribution in [0.15, 0.2) is 66.0 Å². The lowest BCUT2D eigenvalue weighted by Crippen LogP contribution is -2.54. The molecule has 0 unspecified atom stereocenters. The van der Waals surface area contributed by atoms with Crippen LogP contribution >= 0.6 is 0 Å². The number of rotatable bonds is 6. The lowest BCUT2D eigenvalue weighted by Gasteiger charge is -2.40. The van der Waals surface area contributed by atoms with Crippen LogP contribution in [0, 0.1) is 16.8 Å². The number of hydrogen-bond acceptors (Lipinski definition) is 5. The summed E-state index contributed by atoms with van der Waals surface area (Å²) >= 11 is 0. The Bertz CT molecular complexity index is 1770. The van der Waals surface area contributed by atoms with Crippen molar-refractivity contribution >= 4 is 22.8 Å². The van der Waals surface area contributed by atoms with Gasteiger partial charge in [-0.2, -0.15) is 4.98 Å². The van der Waals surface area contributed by atoms with E-state index in [9.17, 15) is 19.2 Å². The first-order valence-electron chi connectivity index (χ1n) is 14.4. The Morgan fingerprint density at radius 1 is 1.05 bits per heavy atom. The van der Waals surface area contributed by atoms with Crippen LogP contribution in [0.5, 0.6) is 0 Å². The maximum Gasteiger partial charge on any atom is 0.442 e. The van der Waals surface area contributed by atoms with Gasteiger partial charge in [-0.05, 0) is 43.0 Å². The highest BCUT2D eigenvalue weighted by atomic mass is 19.1. The second kappa shape index (κ2) is 11.6. The minimum Gasteiger partial charge on any atom is -0.710 e. The summed E-state index contributed by atoms with van der Waals surface area (Å²) < 4.78 is 32.5. The van der Waals surface area contributed by atoms with E-state index in [1.165, 1.54) is 28.8 Å². The molecule has 10 heteroatoms. The van der Waals surface area contributed by atoms with E-state index in [1.807, 2.05) is 52.8 Å². The van der Waals surface area contributed by atoms with Crippen molar-refractivity contribution in [2.24, 2.45) is 0 Å². The molecule has 0 N–H and O–H groups in total. The smallest absolute Gasteiger partial charge is 0.442 e. The molecule has 0 spiro atoms. The minimum atomic E-state index is -0.949. The molecule has 224 valence electrons. The molecule has 1 aliphatic heterocycles. The van der Waals surface area contributed by atoms with Crippen molar-refractivity contribution < 1.29 is 18.3 Å². The summed E-state index contributed by atoms with van der Waals surface area (Å²) in [6.45, 7) is 14.3. The van der Waals surface area contributed by atoms with Gasteiger partial charge in [0.2, 0.25) is 5.91 Å². The molecule has 1 saturated heterocycles. The lowest BCUT2D eigenvalue weighted by atomic mass is 9.92. The largest absolute Gasteiger partial charge is 0.710 e. The molecule has 3 heterocycles. The maximum atomic E-state index is 16.0. The van der Waals surface area contributed by atoms with E-state index in [-0.39, 0.29) is 46.2 Å². The number of pyridine rings is 1. The monoisotopic (exact) mass is 587 g/mol. The van der Waals surface area contributed by atoms with Gasteiger partial charge >= 0.3 is 11.3 Å². The van der Waals surface area contributed by atoms with Crippen LogP contribution in [0.1, 0.15) is 57.6 Å². The Morgan fingerprint density at radius 2 is 1.70 bits per heavy atom. The molecular formula is C33H35F2N5O3. The predicted molar refractivity (Wildman–Crippen MR) is 163 cm³/mol. The molecule has 0 radical (unpaired) electrons. The highest BCUT2D eigenvalue weighted by Crippen LogP contribution is 2.35. The number of piperazine rings is 1. The SMILES string of the molecule is C=CC(=O)N1CCN(c2nc(=O)n(-c3c(C(C)C)cccc3C(C)C)c3c2cc(F)c(-c2ccccc2F)[n+]3[O-])[C@@H](C)C1. The predicted octanol–water partition coefficient (Wildman–Crippen LogP) is 5.43. The van der Waals surface area contributed by atoms with Crippen LogP contribution < -0.4 is 15.3 Å². The molecule has 1 atom stereocenters. The van der Waals surface area contributed by atoms with E-state index < -0.39 is 23.0 Å². The first-order chi connectivity index (χ1) is 20.5. The van der Waals surface area contributed by atoms with Crippen molar-refractivity contribution in [3.63, 3.8) is 0 Å². The second-order valence-electron chi connectivity index (χ2n) is 11.5. The standard InChI is InChI=1S/C33H35F2N5O3/c1-7-28(41)37-15-16-38(21(6)18-37)31-25-17-27(35)30(24-11-8-9-14-26(24)34)40(43)32(25)39(33(42)36-31)29-22(19(2)3)12-10-13-23(29)20(4)5/h7-14,17,19-21H,1,15-16,18H2,2-6H3/t21-/m0/s1. The molecule has 1 aliphatic rings. The van der Waals surface area contributed by atoms with Crippen molar-refractivity contribution in [2.75, 3.05) is 24.5 Å². The topological polar surface area (TPSA) is 85.4 Å². The third-order valence-electron chi connectivity index (χ3n) is 8.06. The molecule has 4 aromatic rings. The molecule has 1 amide bonds. The number of benzene rings is 2. The van der Waals surface area contributed by atoms with Crippen LogP contribution in [0.4, 0.5) is 14.6 Å². The van der Waals surface area contributed by atoms with Gasteiger partial charge in [-0.25, -0.2) is 18.3 Å². The summed E-state index contributed by atoms with van der Waals surface area (Å²) in [5.41, 5.74) is 0.508. The van der Waals surface area contributed by atoms with Gasteiger partial charge in [-0.3, -0.25) is 4.79 Å². The zero-order chi connectivity index (χ0) is 31.2. The van der Waals surface area contributed by atoms with E-state index in [4.69, 9.17) is 0 Å². The second-order valence-corrected chi connectivity index (χ2v) is 11.5. The normalized spacial score (nSPS) is 15.5. The van der Waals surface area contributed by atoms with Gasteiger partial charge in [0.05, 0.1) is 5.56 Å². The number of halogens is 2. The fourth-order valence-corrected chi connectivity index (χ4v) is 5.92. The number of amides is 1. The molecule has 5 rings (SSSR count). The summed E-state index contributed by atoms with van der Waals surface area (Å²) in [6, 6.07) is 12.0. The average Bonchev–Trinajstić information content (AvgIpc) is 2.97. The number of aromatic nitrogens is 3. The summed E-state index contributed by atoms with van der Waals surface area (Å²) in [5, 5.41) is 14.5. The van der Waals surface area contributed by atoms with E-state index in [0.29, 0.717) is 30.1 Å². The van der Waals surface area contributed by atoms with Crippen molar-refractivity contribution in [1.29, 1.82) is 0 Å². The van der Waals surface area contributed by atoms with Gasteiger partial charge in [0.1, 0.15) is 16.9 Å². The minimum absolute atomic E-state index is 0.0302. The average molecular weight is 588 g/mol. The van der Waals surface area contributed by atoms with Crippen LogP contribution in [-0.4, -0.2) is 46.0 Å². The number of anilines is 1. The van der Waals surface area contributed by atoms with Crippen molar-refractivity contribution in [2.45, 2.75) is 52.5 Å². The van der Waals surface area contributed by atoms with E-state index in [0.717, 1.165) is 23.3 Å². The lowest BCUT2D eigenvalue weighted by molar-refractivity contribution is -0.569. The number of hydrogen-bond donors (Lipinski definition) is 0. The molecular weight excluding hydrogens is 552 g/mol. The third kappa shape index (κ3) is 5.15. The number of para-hydroxylation sites is 1.